The number of aliphatic hydroxyl groups excluding tert-OH is 2. The van der Waals surface area contributed by atoms with Gasteiger partial charge >= 0.3 is 0 Å². The molecule has 0 aliphatic heterocycles. The molecule has 0 spiro atoms. The summed E-state index contributed by atoms with van der Waals surface area (Å²) in [6.45, 7) is 3.60. The molecule has 0 heterocycles. The zero-order valence-electron chi connectivity index (χ0n) is 26.6. The van der Waals surface area contributed by atoms with E-state index in [1.165, 1.54) is 0 Å². The van der Waals surface area contributed by atoms with Gasteiger partial charge in [0.25, 0.3) is 0 Å². The molecular weight excluding hydrogens is 576 g/mol. The second kappa shape index (κ2) is 14.7. The maximum Gasteiger partial charge on any atom is 0.127 e. The maximum absolute atomic E-state index is 10.6. The highest BCUT2D eigenvalue weighted by Crippen LogP contribution is 2.37. The number of hydrogen-bond donors (Lipinski definition) is 2. The van der Waals surface area contributed by atoms with Crippen molar-refractivity contribution in [3.8, 4) is 33.8 Å². The molecule has 0 amide bonds. The Morgan fingerprint density at radius 1 is 0.426 bits per heavy atom. The van der Waals surface area contributed by atoms with Crippen molar-refractivity contribution in [3.63, 3.8) is 0 Å². The van der Waals surface area contributed by atoms with Crippen LogP contribution in [-0.4, -0.2) is 10.2 Å². The molecule has 6 aromatic rings. The van der Waals surface area contributed by atoms with Crippen molar-refractivity contribution >= 4 is 24.3 Å². The highest BCUT2D eigenvalue weighted by Gasteiger charge is 2.15. The van der Waals surface area contributed by atoms with E-state index in [0.717, 1.165) is 55.6 Å². The third-order valence-electron chi connectivity index (χ3n) is 8.19. The van der Waals surface area contributed by atoms with E-state index in [1.54, 1.807) is 13.8 Å². The summed E-state index contributed by atoms with van der Waals surface area (Å²) in [5, 5.41) is 21.2. The molecule has 6 aromatic carbocycles. The van der Waals surface area contributed by atoms with Crippen LogP contribution in [0.3, 0.4) is 0 Å². The van der Waals surface area contributed by atoms with Crippen molar-refractivity contribution in [3.05, 3.63) is 179 Å². The Kier molecular flexibility index (Phi) is 9.88. The van der Waals surface area contributed by atoms with E-state index in [9.17, 15) is 10.2 Å². The van der Waals surface area contributed by atoms with Crippen LogP contribution in [0.15, 0.2) is 146 Å². The van der Waals surface area contributed by atoms with Crippen molar-refractivity contribution in [1.82, 2.24) is 0 Å². The second-order valence-electron chi connectivity index (χ2n) is 11.6. The summed E-state index contributed by atoms with van der Waals surface area (Å²) in [5.74, 6) is 1.43. The van der Waals surface area contributed by atoms with Gasteiger partial charge in [-0.1, -0.05) is 146 Å². The van der Waals surface area contributed by atoms with Crippen LogP contribution in [-0.2, 0) is 0 Å². The van der Waals surface area contributed by atoms with Crippen molar-refractivity contribution in [2.75, 3.05) is 0 Å². The number of hydrogen-bond acceptors (Lipinski definition) is 3. The molecule has 0 saturated carbocycles. The topological polar surface area (TPSA) is 49.7 Å². The summed E-state index contributed by atoms with van der Waals surface area (Å²) in [5.41, 5.74) is 10.1. The van der Waals surface area contributed by atoms with E-state index >= 15 is 0 Å². The zero-order chi connectivity index (χ0) is 32.6. The Bertz CT molecular complexity index is 1820. The molecule has 6 rings (SSSR count). The molecule has 3 heteroatoms. The molecule has 2 N–H and O–H groups in total. The predicted octanol–water partition coefficient (Wildman–Crippen LogP) is 11.3. The van der Waals surface area contributed by atoms with Gasteiger partial charge < -0.3 is 14.9 Å². The van der Waals surface area contributed by atoms with Gasteiger partial charge in [-0.2, -0.15) is 0 Å². The molecule has 0 saturated heterocycles. The molecule has 0 aliphatic rings. The smallest absolute Gasteiger partial charge is 0.127 e. The molecule has 0 fully saturated rings. The van der Waals surface area contributed by atoms with Gasteiger partial charge in [0.1, 0.15) is 11.5 Å². The first kappa shape index (κ1) is 31.5. The van der Waals surface area contributed by atoms with E-state index in [1.807, 2.05) is 109 Å². The lowest BCUT2D eigenvalue weighted by Crippen LogP contribution is -1.98. The third kappa shape index (κ3) is 7.67. The van der Waals surface area contributed by atoms with Crippen LogP contribution < -0.4 is 4.74 Å². The van der Waals surface area contributed by atoms with Gasteiger partial charge in [0.2, 0.25) is 0 Å². The molecule has 0 bridgehead atoms. The fraction of sp³-hybridized carbons (Fsp3) is 0.0909. The summed E-state index contributed by atoms with van der Waals surface area (Å²) < 4.78 is 6.26. The Morgan fingerprint density at radius 3 is 1.17 bits per heavy atom. The summed E-state index contributed by atoms with van der Waals surface area (Å²) in [6, 6.07) is 48.5. The average Bonchev–Trinajstić information content (AvgIpc) is 3.11. The number of rotatable bonds is 10. The van der Waals surface area contributed by atoms with Crippen molar-refractivity contribution < 1.29 is 14.9 Å². The summed E-state index contributed by atoms with van der Waals surface area (Å²) >= 11 is 0. The van der Waals surface area contributed by atoms with Crippen LogP contribution in [0.2, 0.25) is 0 Å². The lowest BCUT2D eigenvalue weighted by atomic mass is 9.91. The quantitative estimate of drug-likeness (QED) is 0.151. The molecular formula is C44H38O3. The minimum Gasteiger partial charge on any atom is -0.457 e. The molecule has 3 nitrogen and oxygen atoms in total. The normalized spacial score (nSPS) is 12.8. The first-order chi connectivity index (χ1) is 23.0. The van der Waals surface area contributed by atoms with Gasteiger partial charge in [0, 0.05) is 0 Å². The van der Waals surface area contributed by atoms with Gasteiger partial charge in [-0.25, -0.2) is 0 Å². The van der Waals surface area contributed by atoms with E-state index in [2.05, 4.69) is 60.7 Å². The monoisotopic (exact) mass is 614 g/mol. The van der Waals surface area contributed by atoms with Gasteiger partial charge in [-0.15, -0.1) is 0 Å². The largest absolute Gasteiger partial charge is 0.457 e. The Hall–Kier alpha value is -5.48. The minimum absolute atomic E-state index is 0.613. The van der Waals surface area contributed by atoms with Crippen LogP contribution in [0.25, 0.3) is 46.6 Å². The summed E-state index contributed by atoms with van der Waals surface area (Å²) in [7, 11) is 0. The van der Waals surface area contributed by atoms with Crippen LogP contribution in [0.4, 0.5) is 0 Å². The van der Waals surface area contributed by atoms with Gasteiger partial charge in [0.05, 0.1) is 12.2 Å². The van der Waals surface area contributed by atoms with E-state index < -0.39 is 12.2 Å². The van der Waals surface area contributed by atoms with Crippen molar-refractivity contribution in [2.24, 2.45) is 0 Å². The first-order valence-electron chi connectivity index (χ1n) is 15.9. The Balaban J connectivity index is 1.25. The number of benzene rings is 6. The highest BCUT2D eigenvalue weighted by molar-refractivity contribution is 5.84. The Labute approximate surface area is 277 Å². The molecule has 2 unspecified atom stereocenters. The van der Waals surface area contributed by atoms with E-state index in [4.69, 9.17) is 4.74 Å². The molecule has 2 atom stereocenters. The SMILES string of the molecule is CC(O)c1cccc(/C=C/c2ccccc2)c1-c1ccc(Oc2ccc(-c3c(/C=C/c4ccccc4)cccc3C(C)O)cc2)cc1. The predicted molar refractivity (Wildman–Crippen MR) is 196 cm³/mol. The molecule has 0 radical (unpaired) electrons. The number of aliphatic hydroxyl groups is 2. The van der Waals surface area contributed by atoms with Crippen LogP contribution in [0, 0.1) is 0 Å². The standard InChI is InChI=1S/C44H38O3/c1-31(45)41-17-9-15-35(21-19-33-11-5-3-6-12-33)43(41)37-23-27-39(28-24-37)47-40-29-25-38(26-30-40)44-36(16-10-18-42(44)32(2)46)22-20-34-13-7-4-8-14-34/h3-32,45-46H,1-2H3/b21-19+,22-20+. The number of ether oxygens (including phenoxy) is 1. The van der Waals surface area contributed by atoms with E-state index in [-0.39, 0.29) is 0 Å². The van der Waals surface area contributed by atoms with Crippen LogP contribution in [0.1, 0.15) is 59.4 Å². The van der Waals surface area contributed by atoms with Gasteiger partial charge in [-0.05, 0) is 93.7 Å². The fourth-order valence-electron chi connectivity index (χ4n) is 5.83. The summed E-state index contributed by atoms with van der Waals surface area (Å²) in [4.78, 5) is 0. The van der Waals surface area contributed by atoms with Crippen LogP contribution in [0.5, 0.6) is 11.5 Å². The maximum atomic E-state index is 10.6. The van der Waals surface area contributed by atoms with Crippen LogP contribution >= 0.6 is 0 Å². The molecule has 0 aromatic heterocycles. The van der Waals surface area contributed by atoms with Gasteiger partial charge in [0.15, 0.2) is 0 Å². The van der Waals surface area contributed by atoms with E-state index in [0.29, 0.717) is 11.5 Å². The lowest BCUT2D eigenvalue weighted by Gasteiger charge is -2.17. The third-order valence-corrected chi connectivity index (χ3v) is 8.19. The zero-order valence-corrected chi connectivity index (χ0v) is 26.6. The first-order valence-corrected chi connectivity index (χ1v) is 15.9. The lowest BCUT2D eigenvalue weighted by molar-refractivity contribution is 0.199. The Morgan fingerprint density at radius 2 is 0.809 bits per heavy atom. The fourth-order valence-corrected chi connectivity index (χ4v) is 5.83. The second-order valence-corrected chi connectivity index (χ2v) is 11.6. The van der Waals surface area contributed by atoms with Crippen molar-refractivity contribution in [1.29, 1.82) is 0 Å². The minimum atomic E-state index is -0.613. The van der Waals surface area contributed by atoms with Gasteiger partial charge in [-0.3, -0.25) is 0 Å². The molecule has 232 valence electrons. The summed E-state index contributed by atoms with van der Waals surface area (Å²) in [6.07, 6.45) is 7.15. The highest BCUT2D eigenvalue weighted by atomic mass is 16.5. The molecule has 0 aliphatic carbocycles. The average molecular weight is 615 g/mol. The molecule has 47 heavy (non-hydrogen) atoms. The van der Waals surface area contributed by atoms with Crippen molar-refractivity contribution in [2.45, 2.75) is 26.1 Å².